The van der Waals surface area contributed by atoms with E-state index in [1.54, 1.807) is 0 Å². The maximum absolute atomic E-state index is 13.0. The average molecular weight is 437 g/mol. The second-order valence-electron chi connectivity index (χ2n) is 6.19. The number of hydrogen-bond acceptors (Lipinski definition) is 8. The number of esters is 1. The summed E-state index contributed by atoms with van der Waals surface area (Å²) < 4.78 is 43.9. The largest absolute Gasteiger partial charge is 0.465 e. The van der Waals surface area contributed by atoms with E-state index in [4.69, 9.17) is 39.9 Å². The molecule has 3 rings (SSSR count). The number of ether oxygens (including phenoxy) is 1. The molecular formula is C14H10B3ClF3N5O2S. The molecular weight excluding hydrogens is 427 g/mol. The Morgan fingerprint density at radius 3 is 2.52 bits per heavy atom. The van der Waals surface area contributed by atoms with E-state index in [2.05, 4.69) is 25.6 Å². The van der Waals surface area contributed by atoms with Crippen molar-refractivity contribution < 1.29 is 22.7 Å². The molecule has 0 amide bonds. The third kappa shape index (κ3) is 3.79. The molecule has 3 heterocycles. The highest BCUT2D eigenvalue weighted by Crippen LogP contribution is 2.51. The van der Waals surface area contributed by atoms with Crippen molar-refractivity contribution >= 4 is 69.2 Å². The molecule has 6 radical (unpaired) electrons. The van der Waals surface area contributed by atoms with Crippen molar-refractivity contribution in [2.45, 2.75) is 23.1 Å². The molecule has 7 nitrogen and oxygen atoms in total. The summed E-state index contributed by atoms with van der Waals surface area (Å²) in [5.41, 5.74) is -2.66. The fourth-order valence-corrected chi connectivity index (χ4v) is 4.23. The minimum atomic E-state index is -4.63. The average Bonchev–Trinajstić information content (AvgIpc) is 3.17. The lowest BCUT2D eigenvalue weighted by Crippen LogP contribution is -2.45. The Labute approximate surface area is 176 Å². The number of halogens is 4. The Hall–Kier alpha value is -1.95. The van der Waals surface area contributed by atoms with Gasteiger partial charge in [0.15, 0.2) is 5.15 Å². The van der Waals surface area contributed by atoms with Gasteiger partial charge in [-0.2, -0.15) is 18.2 Å². The van der Waals surface area contributed by atoms with Crippen molar-refractivity contribution in [3.8, 4) is 0 Å². The third-order valence-corrected chi connectivity index (χ3v) is 5.82. The number of nitrogens with zero attached hydrogens (tertiary/aromatic N) is 3. The smallest absolute Gasteiger partial charge is 0.421 e. The van der Waals surface area contributed by atoms with Crippen molar-refractivity contribution in [1.29, 1.82) is 0 Å². The van der Waals surface area contributed by atoms with E-state index in [1.165, 1.54) is 7.05 Å². The highest BCUT2D eigenvalue weighted by Gasteiger charge is 2.55. The fourth-order valence-electron chi connectivity index (χ4n) is 2.80. The standard InChI is InChI=1S/C14H10B3ClF3N5O2S/c1-22-7-5(13(19,20)21)4-23-11(25-7)26-8-6(18)24-9(29-8)12(14(15,16)17)2-3-28-10(12)27/h4H,2-3H2,1H3,(H2,22,23,25,26)/t12-/m0/s1. The molecule has 1 aliphatic heterocycles. The van der Waals surface area contributed by atoms with Gasteiger partial charge in [0.1, 0.15) is 26.8 Å². The van der Waals surface area contributed by atoms with Crippen molar-refractivity contribution in [2.24, 2.45) is 0 Å². The lowest BCUT2D eigenvalue weighted by Gasteiger charge is -2.37. The lowest BCUT2D eigenvalue weighted by atomic mass is 9.32. The summed E-state index contributed by atoms with van der Waals surface area (Å²) in [6.45, 7) is 0.0414. The molecule has 1 aliphatic rings. The van der Waals surface area contributed by atoms with Crippen LogP contribution in [-0.4, -0.2) is 58.1 Å². The minimum Gasteiger partial charge on any atom is -0.465 e. The van der Waals surface area contributed by atoms with Gasteiger partial charge in [-0.3, -0.25) is 4.79 Å². The minimum absolute atomic E-state index is 0.0414. The molecule has 15 heteroatoms. The highest BCUT2D eigenvalue weighted by molar-refractivity contribution is 7.16. The zero-order valence-corrected chi connectivity index (χ0v) is 16.4. The van der Waals surface area contributed by atoms with Crippen LogP contribution in [-0.2, 0) is 21.1 Å². The van der Waals surface area contributed by atoms with Gasteiger partial charge in [-0.25, -0.2) is 9.97 Å². The van der Waals surface area contributed by atoms with Crippen LogP contribution in [0.4, 0.5) is 29.9 Å². The topological polar surface area (TPSA) is 89.0 Å². The highest BCUT2D eigenvalue weighted by atomic mass is 35.5. The Balaban J connectivity index is 1.97. The van der Waals surface area contributed by atoms with Gasteiger partial charge < -0.3 is 15.4 Å². The predicted molar refractivity (Wildman–Crippen MR) is 104 cm³/mol. The van der Waals surface area contributed by atoms with Gasteiger partial charge in [-0.1, -0.05) is 22.9 Å². The number of thiazole rings is 1. The second kappa shape index (κ2) is 7.39. The van der Waals surface area contributed by atoms with Crippen LogP contribution in [0, 0.1) is 0 Å². The number of aromatic nitrogens is 3. The number of carbonyl (C=O) groups is 1. The summed E-state index contributed by atoms with van der Waals surface area (Å²) in [6.07, 6.45) is -3.93. The molecule has 29 heavy (non-hydrogen) atoms. The molecule has 0 spiro atoms. The number of cyclic esters (lactones) is 1. The van der Waals surface area contributed by atoms with Gasteiger partial charge in [0.25, 0.3) is 0 Å². The molecule has 0 saturated carbocycles. The van der Waals surface area contributed by atoms with Gasteiger partial charge in [0, 0.05) is 19.7 Å². The van der Waals surface area contributed by atoms with E-state index in [9.17, 15) is 18.0 Å². The summed E-state index contributed by atoms with van der Waals surface area (Å²) in [4.78, 5) is 23.9. The van der Waals surface area contributed by atoms with Crippen molar-refractivity contribution in [3.05, 3.63) is 21.9 Å². The molecule has 0 bridgehead atoms. The maximum atomic E-state index is 13.0. The number of nitrogens with one attached hydrogen (secondary N) is 2. The van der Waals surface area contributed by atoms with E-state index < -0.39 is 34.1 Å². The van der Waals surface area contributed by atoms with E-state index in [1.807, 2.05) is 0 Å². The van der Waals surface area contributed by atoms with Crippen molar-refractivity contribution in [1.82, 2.24) is 15.0 Å². The second-order valence-corrected chi connectivity index (χ2v) is 7.55. The van der Waals surface area contributed by atoms with E-state index in [0.29, 0.717) is 6.20 Å². The summed E-state index contributed by atoms with van der Waals surface area (Å²) in [5.74, 6) is -1.36. The maximum Gasteiger partial charge on any atom is 0.421 e. The van der Waals surface area contributed by atoms with Crippen LogP contribution in [0.15, 0.2) is 6.20 Å². The van der Waals surface area contributed by atoms with Crippen LogP contribution in [0.1, 0.15) is 17.0 Å². The van der Waals surface area contributed by atoms with Crippen LogP contribution in [0.3, 0.4) is 0 Å². The monoisotopic (exact) mass is 437 g/mol. The molecule has 1 saturated heterocycles. The Morgan fingerprint density at radius 1 is 1.31 bits per heavy atom. The van der Waals surface area contributed by atoms with Crippen LogP contribution >= 0.6 is 22.9 Å². The van der Waals surface area contributed by atoms with Crippen LogP contribution in [0.5, 0.6) is 0 Å². The Bertz CT molecular complexity index is 956. The van der Waals surface area contributed by atoms with Crippen molar-refractivity contribution in [3.63, 3.8) is 0 Å². The van der Waals surface area contributed by atoms with Gasteiger partial charge in [0.2, 0.25) is 5.95 Å². The van der Waals surface area contributed by atoms with Crippen LogP contribution < -0.4 is 10.6 Å². The summed E-state index contributed by atoms with van der Waals surface area (Å²) in [7, 11) is 18.8. The third-order valence-electron chi connectivity index (χ3n) is 4.31. The Kier molecular flexibility index (Phi) is 5.54. The van der Waals surface area contributed by atoms with Crippen LogP contribution in [0.25, 0.3) is 0 Å². The molecule has 1 fully saturated rings. The molecule has 1 atom stereocenters. The van der Waals surface area contributed by atoms with E-state index in [-0.39, 0.29) is 34.1 Å². The van der Waals surface area contributed by atoms with Gasteiger partial charge in [0.05, 0.1) is 30.1 Å². The first kappa shape index (κ1) is 21.8. The SMILES string of the molecule is [B]C([B])([B])[C@]1(c2nc(Cl)c(Nc3ncc(C(F)(F)F)c(NC)n3)s2)CCOC1=O. The molecule has 2 aromatic heterocycles. The molecule has 0 unspecified atom stereocenters. The molecule has 2 N–H and O–H groups in total. The number of hydrogen-bond donors (Lipinski definition) is 2. The number of anilines is 3. The Morgan fingerprint density at radius 2 is 2.00 bits per heavy atom. The molecule has 2 aromatic rings. The number of alkyl halides is 3. The number of rotatable bonds is 5. The van der Waals surface area contributed by atoms with Gasteiger partial charge in [-0.05, 0) is 0 Å². The van der Waals surface area contributed by atoms with Gasteiger partial charge in [-0.15, -0.1) is 5.11 Å². The lowest BCUT2D eigenvalue weighted by molar-refractivity contribution is -0.142. The van der Waals surface area contributed by atoms with Crippen molar-refractivity contribution in [2.75, 3.05) is 24.3 Å². The summed E-state index contributed by atoms with van der Waals surface area (Å²) in [5, 5.41) is 3.21. The van der Waals surface area contributed by atoms with Crippen LogP contribution in [0.2, 0.25) is 10.3 Å². The zero-order chi connectivity index (χ0) is 21.6. The first-order valence-corrected chi connectivity index (χ1v) is 9.19. The van der Waals surface area contributed by atoms with Gasteiger partial charge >= 0.3 is 12.1 Å². The molecule has 0 aliphatic carbocycles. The number of carbonyl (C=O) groups excluding carboxylic acids is 1. The summed E-state index contributed by atoms with van der Waals surface area (Å²) >= 11 is 7.01. The first-order chi connectivity index (χ1) is 13.4. The predicted octanol–water partition coefficient (Wildman–Crippen LogP) is 2.15. The first-order valence-electron chi connectivity index (χ1n) is 8.00. The fraction of sp³-hybridized carbons (Fsp3) is 0.429. The normalized spacial score (nSPS) is 19.8. The molecule has 146 valence electrons. The quantitative estimate of drug-likeness (QED) is 0.548. The summed E-state index contributed by atoms with van der Waals surface area (Å²) in [6, 6.07) is 0. The molecule has 0 aromatic carbocycles. The zero-order valence-electron chi connectivity index (χ0n) is 14.8. The van der Waals surface area contributed by atoms with E-state index in [0.717, 1.165) is 11.3 Å². The van der Waals surface area contributed by atoms with E-state index >= 15 is 0 Å².